The predicted octanol–water partition coefficient (Wildman–Crippen LogP) is 10.7. The van der Waals surface area contributed by atoms with Gasteiger partial charge in [0.1, 0.15) is 32.2 Å². The van der Waals surface area contributed by atoms with E-state index in [-0.39, 0.29) is 105 Å². The number of nitrogens with one attached hydrogen (secondary N) is 4. The topological polar surface area (TPSA) is 390 Å². The Hall–Kier alpha value is -9.61. The Kier molecular flexibility index (Phi) is 46.9. The fourth-order valence-corrected chi connectivity index (χ4v) is 15.1. The van der Waals surface area contributed by atoms with Crippen LogP contribution in [-0.4, -0.2) is 211 Å². The zero-order valence-electron chi connectivity index (χ0n) is 73.1. The van der Waals surface area contributed by atoms with E-state index >= 15 is 0 Å². The fourth-order valence-electron chi connectivity index (χ4n) is 15.1. The van der Waals surface area contributed by atoms with E-state index in [2.05, 4.69) is 41.0 Å². The van der Waals surface area contributed by atoms with Gasteiger partial charge in [0.15, 0.2) is 23.1 Å². The molecule has 1 saturated heterocycles. The minimum Gasteiger partial charge on any atom is -0.461 e. The van der Waals surface area contributed by atoms with E-state index in [1.807, 2.05) is 71.9 Å². The molecular weight excluding hydrogens is 1530 g/mol. The SMILES string of the molecule is C=CCOC(=O)CC[C@H](CC(=O)[C@H](CC(=O)OCC=C)NC(=O)CCC(=O)[C@H](CCCCC)NC(C)=O)C(=O)N[C@H](C(=O)C[C@@H](CC(=O)OCC=C)C(=O)Nc1ccc(COC(=O)N(C)[C@H](C(=O)C[C@H](C(=O)N(C)C([C@@H](C)CC)[C@@H](CC(=O)N2CCC[C@H]2[C@H](OC)[C@@H](C)C(=O)C[C@H](C)[C@@H](O)c2ccccc2)OC)C(C)C)C(C)C)cc1)C(C)C. The van der Waals surface area contributed by atoms with Crippen LogP contribution >= 0.6 is 0 Å². The highest BCUT2D eigenvalue weighted by Gasteiger charge is 2.45. The third-order valence-corrected chi connectivity index (χ3v) is 22.0. The van der Waals surface area contributed by atoms with Crippen molar-refractivity contribution >= 4 is 94.0 Å². The molecule has 29 nitrogen and oxygen atoms in total. The van der Waals surface area contributed by atoms with E-state index < -0.39 is 194 Å². The molecule has 1 fully saturated rings. The maximum atomic E-state index is 15.0. The minimum absolute atomic E-state index is 0.0883. The summed E-state index contributed by atoms with van der Waals surface area (Å²) in [5.74, 6) is -14.9. The standard InChI is InChI=1S/C90H135N7O22/c1-20-25-27-33-68(91-61(15)98)71(99)40-41-77(104)93-69(52-81(108)118-46-23-4)73(101)48-64(37-42-79(106)116-44-21-2)87(110)94-82(56(8)9)74(102)49-65(50-80(107)117-45-22-3)88(111)92-66-38-35-62(36-39-66)54-119-90(113)96(17)83(57(10)11)75(103)51-67(55(6)7)89(112)95(16)84(58(12)24-5)76(114-18)53-78(105)97-43-30-34-70(97)86(115-19)60(14)72(100)47-59(13)85(109)63-31-28-26-29-32-63/h21-23,26,28-29,31-32,35-36,38-39,55-60,64-65,67-70,76,82-86,109H,2-4,20,24-25,27,30,33-34,37,40-54H2,1,5-19H3,(H,91,98)(H,92,111)(H,93,104)(H,94,110)/t58-,59-,60-,64+,65-,67-,68-,69-,70-,76+,82-,83-,84?,85+,86+/m0/s1. The zero-order chi connectivity index (χ0) is 89.3. The lowest BCUT2D eigenvalue weighted by Crippen LogP contribution is -2.54. The van der Waals surface area contributed by atoms with Gasteiger partial charge in [-0.05, 0) is 78.5 Å². The number of likely N-dealkylation sites (N-methyl/N-ethyl adjacent to an activating group) is 2. The molecule has 0 saturated carbocycles. The van der Waals surface area contributed by atoms with Crippen molar-refractivity contribution in [3.63, 3.8) is 0 Å². The van der Waals surface area contributed by atoms with Crippen LogP contribution in [0.2, 0.25) is 0 Å². The van der Waals surface area contributed by atoms with Crippen molar-refractivity contribution in [2.24, 2.45) is 53.3 Å². The van der Waals surface area contributed by atoms with Crippen molar-refractivity contribution in [3.05, 3.63) is 104 Å². The lowest BCUT2D eigenvalue weighted by molar-refractivity contribution is -0.149. The van der Waals surface area contributed by atoms with Crippen LogP contribution in [0.4, 0.5) is 10.5 Å². The van der Waals surface area contributed by atoms with E-state index in [4.69, 9.17) is 28.4 Å². The number of likely N-dealkylation sites (tertiary alicyclic amines) is 1. The average Bonchev–Trinajstić information content (AvgIpc) is 1.78. The van der Waals surface area contributed by atoms with E-state index in [0.717, 1.165) is 12.8 Å². The number of ketones is 5. The van der Waals surface area contributed by atoms with Crippen molar-refractivity contribution in [1.29, 1.82) is 0 Å². The molecule has 0 radical (unpaired) electrons. The van der Waals surface area contributed by atoms with Gasteiger partial charge in [0.05, 0.1) is 79.7 Å². The Labute approximate surface area is 703 Å². The number of esters is 3. The van der Waals surface area contributed by atoms with Crippen LogP contribution in [-0.2, 0) is 102 Å². The number of anilines is 1. The summed E-state index contributed by atoms with van der Waals surface area (Å²) in [5.41, 5.74) is 1.36. The van der Waals surface area contributed by atoms with E-state index in [0.29, 0.717) is 49.8 Å². The molecule has 1 heterocycles. The molecule has 0 spiro atoms. The molecule has 1 unspecified atom stereocenters. The highest BCUT2D eigenvalue weighted by atomic mass is 16.6. The minimum atomic E-state index is -1.61. The van der Waals surface area contributed by atoms with Crippen molar-refractivity contribution in [1.82, 2.24) is 30.7 Å². The summed E-state index contributed by atoms with van der Waals surface area (Å²) in [6.45, 7) is 31.4. The quantitative estimate of drug-likeness (QED) is 0.0178. The first-order valence-corrected chi connectivity index (χ1v) is 41.8. The summed E-state index contributed by atoms with van der Waals surface area (Å²) in [6, 6.07) is 9.33. The van der Waals surface area contributed by atoms with Crippen molar-refractivity contribution in [2.75, 3.05) is 60.0 Å². The largest absolute Gasteiger partial charge is 0.461 e. The van der Waals surface area contributed by atoms with Crippen LogP contribution in [0.15, 0.2) is 92.6 Å². The smallest absolute Gasteiger partial charge is 0.410 e. The summed E-state index contributed by atoms with van der Waals surface area (Å²) in [5, 5.41) is 21.6. The van der Waals surface area contributed by atoms with Crippen LogP contribution < -0.4 is 21.3 Å². The number of unbranched alkanes of at least 4 members (excludes halogenated alkanes) is 2. The van der Waals surface area contributed by atoms with Gasteiger partial charge in [-0.15, -0.1) is 0 Å². The number of ether oxygens (including phenoxy) is 6. The van der Waals surface area contributed by atoms with Crippen LogP contribution in [0.1, 0.15) is 216 Å². The number of carbonyl (C=O) groups is 15. The Balaban J connectivity index is 1.81. The summed E-state index contributed by atoms with van der Waals surface area (Å²) in [6.07, 6.45) is 0.941. The number of methoxy groups -OCH3 is 2. The number of amides is 7. The van der Waals surface area contributed by atoms with E-state index in [9.17, 15) is 77.0 Å². The van der Waals surface area contributed by atoms with Crippen LogP contribution in [0.5, 0.6) is 0 Å². The number of hydrogen-bond donors (Lipinski definition) is 5. The molecule has 119 heavy (non-hydrogen) atoms. The second kappa shape index (κ2) is 53.8. The molecule has 0 aromatic heterocycles. The Morgan fingerprint density at radius 2 is 1.18 bits per heavy atom. The van der Waals surface area contributed by atoms with Gasteiger partial charge in [0, 0.05) is 110 Å². The number of aliphatic hydroxyl groups is 1. The zero-order valence-corrected chi connectivity index (χ0v) is 73.1. The molecule has 29 heteroatoms. The van der Waals surface area contributed by atoms with E-state index in [1.54, 1.807) is 63.6 Å². The lowest BCUT2D eigenvalue weighted by Gasteiger charge is -2.41. The van der Waals surface area contributed by atoms with Gasteiger partial charge in [0.2, 0.25) is 35.4 Å². The van der Waals surface area contributed by atoms with Crippen molar-refractivity contribution in [2.45, 2.75) is 260 Å². The van der Waals surface area contributed by atoms with Gasteiger partial charge >= 0.3 is 24.0 Å². The molecule has 15 atom stereocenters. The number of carbonyl (C=O) groups excluding carboxylic acids is 15. The number of nitrogens with zero attached hydrogens (tertiary/aromatic N) is 3. The normalized spacial score (nSPS) is 16.2. The number of Topliss-reactive ketones (excluding diaryl/α,β-unsaturated/α-hetero) is 5. The molecule has 7 amide bonds. The molecule has 1 aliphatic rings. The number of aliphatic hydroxyl groups excluding tert-OH is 1. The summed E-state index contributed by atoms with van der Waals surface area (Å²) < 4.78 is 33.4. The Morgan fingerprint density at radius 3 is 1.73 bits per heavy atom. The number of rotatable bonds is 58. The van der Waals surface area contributed by atoms with Crippen LogP contribution in [0.3, 0.4) is 0 Å². The molecular formula is C90H135N7O22. The van der Waals surface area contributed by atoms with Gasteiger partial charge in [-0.25, -0.2) is 4.79 Å². The first-order valence-electron chi connectivity index (χ1n) is 41.8. The second-order valence-corrected chi connectivity index (χ2v) is 32.3. The highest BCUT2D eigenvalue weighted by Crippen LogP contribution is 2.34. The lowest BCUT2D eigenvalue weighted by atomic mass is 9.83. The third-order valence-electron chi connectivity index (χ3n) is 22.0. The van der Waals surface area contributed by atoms with E-state index in [1.165, 1.54) is 63.5 Å². The maximum absolute atomic E-state index is 15.0. The summed E-state index contributed by atoms with van der Waals surface area (Å²) >= 11 is 0. The average molecular weight is 1670 g/mol. The second-order valence-electron chi connectivity index (χ2n) is 32.3. The van der Waals surface area contributed by atoms with Crippen LogP contribution in [0, 0.1) is 53.3 Å². The third kappa shape index (κ3) is 34.6. The monoisotopic (exact) mass is 1670 g/mol. The molecule has 3 rings (SSSR count). The van der Waals surface area contributed by atoms with Gasteiger partial charge in [-0.2, -0.15) is 0 Å². The first kappa shape index (κ1) is 104. The summed E-state index contributed by atoms with van der Waals surface area (Å²) in [7, 11) is 6.13. The van der Waals surface area contributed by atoms with Crippen molar-refractivity contribution in [3.8, 4) is 0 Å². The fraction of sp³-hybridized carbons (Fsp3) is 0.633. The van der Waals surface area contributed by atoms with Gasteiger partial charge in [0.25, 0.3) is 0 Å². The molecule has 0 aliphatic carbocycles. The number of hydrogen-bond acceptors (Lipinski definition) is 22. The predicted molar refractivity (Wildman–Crippen MR) is 449 cm³/mol. The summed E-state index contributed by atoms with van der Waals surface area (Å²) in [4.78, 5) is 212. The number of benzene rings is 2. The Morgan fingerprint density at radius 1 is 0.571 bits per heavy atom. The molecule has 5 N–H and O–H groups in total. The van der Waals surface area contributed by atoms with Crippen molar-refractivity contribution < 1.29 is 105 Å². The van der Waals surface area contributed by atoms with Crippen LogP contribution in [0.25, 0.3) is 0 Å². The highest BCUT2D eigenvalue weighted by molar-refractivity contribution is 6.01. The molecule has 1 aliphatic heterocycles. The Bertz CT molecular complexity index is 3700. The molecule has 2 aromatic carbocycles. The molecule has 0 bridgehead atoms. The first-order chi connectivity index (χ1) is 56.3. The van der Waals surface area contributed by atoms with Gasteiger partial charge < -0.3 is 69.5 Å². The molecule has 2 aromatic rings. The van der Waals surface area contributed by atoms with Gasteiger partial charge in [-0.3, -0.25) is 67.1 Å². The molecule has 662 valence electrons. The van der Waals surface area contributed by atoms with Gasteiger partial charge in [-0.1, -0.05) is 182 Å². The maximum Gasteiger partial charge on any atom is 0.410 e.